The number of amides is 1. The van der Waals surface area contributed by atoms with E-state index >= 15 is 0 Å². The Hall–Kier alpha value is -1.46. The van der Waals surface area contributed by atoms with E-state index in [1.54, 1.807) is 6.07 Å². The molecule has 0 bridgehead atoms. The van der Waals surface area contributed by atoms with Crippen LogP contribution in [-0.4, -0.2) is 30.2 Å². The maximum Gasteiger partial charge on any atom is 0.241 e. The van der Waals surface area contributed by atoms with Gasteiger partial charge in [-0.3, -0.25) is 4.79 Å². The molecule has 126 valence electrons. The lowest BCUT2D eigenvalue weighted by atomic mass is 9.54. The van der Waals surface area contributed by atoms with Gasteiger partial charge in [-0.15, -0.1) is 0 Å². The van der Waals surface area contributed by atoms with E-state index in [9.17, 15) is 9.18 Å². The van der Waals surface area contributed by atoms with E-state index in [4.69, 9.17) is 10.5 Å². The van der Waals surface area contributed by atoms with Crippen molar-refractivity contribution in [3.05, 3.63) is 35.6 Å². The van der Waals surface area contributed by atoms with Crippen molar-refractivity contribution in [2.24, 2.45) is 11.1 Å². The second-order valence-electron chi connectivity index (χ2n) is 7.32. The van der Waals surface area contributed by atoms with Crippen molar-refractivity contribution in [3.8, 4) is 0 Å². The van der Waals surface area contributed by atoms with Crippen molar-refractivity contribution >= 4 is 5.91 Å². The van der Waals surface area contributed by atoms with Crippen molar-refractivity contribution in [1.29, 1.82) is 0 Å². The van der Waals surface area contributed by atoms with Crippen molar-refractivity contribution in [3.63, 3.8) is 0 Å². The number of carbonyl (C=O) groups is 1. The number of ether oxygens (including phenoxy) is 1. The molecule has 2 fully saturated rings. The molecule has 5 heteroatoms. The average molecular weight is 320 g/mol. The molecule has 4 atom stereocenters. The average Bonchev–Trinajstić information content (AvgIpc) is 3.26. The lowest BCUT2D eigenvalue weighted by Crippen LogP contribution is -2.76. The Kier molecular flexibility index (Phi) is 3.97. The molecule has 0 aromatic heterocycles. The van der Waals surface area contributed by atoms with Gasteiger partial charge >= 0.3 is 0 Å². The van der Waals surface area contributed by atoms with Gasteiger partial charge in [0.1, 0.15) is 11.4 Å². The van der Waals surface area contributed by atoms with E-state index in [0.29, 0.717) is 13.0 Å². The Morgan fingerprint density at radius 2 is 2.22 bits per heavy atom. The van der Waals surface area contributed by atoms with Crippen LogP contribution in [-0.2, 0) is 9.53 Å². The number of carbonyl (C=O) groups excluding carboxylic acids is 1. The monoisotopic (exact) mass is 320 g/mol. The second kappa shape index (κ2) is 5.56. The molecule has 1 aromatic rings. The van der Waals surface area contributed by atoms with Gasteiger partial charge in [-0.05, 0) is 31.0 Å². The first-order valence-electron chi connectivity index (χ1n) is 8.26. The molecule has 1 amide bonds. The van der Waals surface area contributed by atoms with Crippen molar-refractivity contribution < 1.29 is 13.9 Å². The highest BCUT2D eigenvalue weighted by Crippen LogP contribution is 2.50. The van der Waals surface area contributed by atoms with Gasteiger partial charge in [0.25, 0.3) is 0 Å². The summed E-state index contributed by atoms with van der Waals surface area (Å²) in [7, 11) is 0. The summed E-state index contributed by atoms with van der Waals surface area (Å²) >= 11 is 0. The topological polar surface area (TPSA) is 64.3 Å². The maximum absolute atomic E-state index is 13.3. The van der Waals surface area contributed by atoms with Crippen LogP contribution in [0.3, 0.4) is 0 Å². The third-order valence-electron chi connectivity index (χ3n) is 5.62. The number of halogens is 1. The summed E-state index contributed by atoms with van der Waals surface area (Å²) in [5.41, 5.74) is 6.02. The van der Waals surface area contributed by atoms with E-state index in [1.807, 2.05) is 26.8 Å². The molecule has 0 spiro atoms. The summed E-state index contributed by atoms with van der Waals surface area (Å²) in [6.07, 6.45) is 1.39. The lowest BCUT2D eigenvalue weighted by molar-refractivity contribution is -0.170. The molecule has 2 saturated carbocycles. The predicted octanol–water partition coefficient (Wildman–Crippen LogP) is 2.33. The van der Waals surface area contributed by atoms with Crippen LogP contribution in [0.1, 0.15) is 45.1 Å². The quantitative estimate of drug-likeness (QED) is 0.875. The van der Waals surface area contributed by atoms with Crippen LogP contribution in [0.2, 0.25) is 0 Å². The largest absolute Gasteiger partial charge is 0.378 e. The van der Waals surface area contributed by atoms with Crippen LogP contribution in [0.4, 0.5) is 4.39 Å². The van der Waals surface area contributed by atoms with E-state index in [0.717, 1.165) is 12.0 Å². The molecular weight excluding hydrogens is 295 g/mol. The molecule has 2 aliphatic carbocycles. The van der Waals surface area contributed by atoms with Gasteiger partial charge in [0.05, 0.1) is 6.10 Å². The van der Waals surface area contributed by atoms with Crippen molar-refractivity contribution in [2.45, 2.75) is 57.2 Å². The van der Waals surface area contributed by atoms with E-state index in [-0.39, 0.29) is 29.8 Å². The number of hydrogen-bond donors (Lipinski definition) is 2. The molecule has 4 unspecified atom stereocenters. The molecule has 23 heavy (non-hydrogen) atoms. The number of benzene rings is 1. The van der Waals surface area contributed by atoms with Crippen LogP contribution in [0.25, 0.3) is 0 Å². The molecule has 3 rings (SSSR count). The molecule has 0 heterocycles. The standard InChI is InChI=1S/C18H25FN2O2/c1-4-23-15-10-18(20,17(15,2)3)16(22)21-14-9-13(14)11-6-5-7-12(19)8-11/h5-8,13-15H,4,9-10,20H2,1-3H3,(H,21,22). The lowest BCUT2D eigenvalue weighted by Gasteiger charge is -2.57. The van der Waals surface area contributed by atoms with Gasteiger partial charge in [0.15, 0.2) is 0 Å². The van der Waals surface area contributed by atoms with Gasteiger partial charge in [0, 0.05) is 30.4 Å². The van der Waals surface area contributed by atoms with Crippen LogP contribution >= 0.6 is 0 Å². The minimum Gasteiger partial charge on any atom is -0.378 e. The molecule has 2 aliphatic rings. The molecular formula is C18H25FN2O2. The Morgan fingerprint density at radius 3 is 2.83 bits per heavy atom. The Morgan fingerprint density at radius 1 is 1.48 bits per heavy atom. The highest BCUT2D eigenvalue weighted by molar-refractivity contribution is 5.89. The molecule has 3 N–H and O–H groups in total. The summed E-state index contributed by atoms with van der Waals surface area (Å²) in [6, 6.07) is 6.61. The summed E-state index contributed by atoms with van der Waals surface area (Å²) in [4.78, 5) is 12.6. The van der Waals surface area contributed by atoms with Gasteiger partial charge in [-0.1, -0.05) is 26.0 Å². The molecule has 0 saturated heterocycles. The zero-order chi connectivity index (χ0) is 16.8. The zero-order valence-electron chi connectivity index (χ0n) is 13.9. The smallest absolute Gasteiger partial charge is 0.241 e. The predicted molar refractivity (Wildman–Crippen MR) is 86.4 cm³/mol. The van der Waals surface area contributed by atoms with Gasteiger partial charge in [-0.25, -0.2) is 4.39 Å². The highest BCUT2D eigenvalue weighted by atomic mass is 19.1. The first kappa shape index (κ1) is 16.4. The van der Waals surface area contributed by atoms with Crippen LogP contribution in [0.15, 0.2) is 24.3 Å². The number of rotatable bonds is 5. The first-order valence-corrected chi connectivity index (χ1v) is 8.26. The van der Waals surface area contributed by atoms with Gasteiger partial charge in [-0.2, -0.15) is 0 Å². The minimum absolute atomic E-state index is 0.0152. The number of nitrogens with one attached hydrogen (secondary N) is 1. The normalized spacial score (nSPS) is 34.6. The first-order chi connectivity index (χ1) is 10.8. The fourth-order valence-electron chi connectivity index (χ4n) is 3.58. The highest BCUT2D eigenvalue weighted by Gasteiger charge is 2.63. The van der Waals surface area contributed by atoms with E-state index in [2.05, 4.69) is 5.32 Å². The van der Waals surface area contributed by atoms with Crippen LogP contribution < -0.4 is 11.1 Å². The number of nitrogens with two attached hydrogens (primary N) is 1. The SMILES string of the molecule is CCOC1CC(N)(C(=O)NC2CC2c2cccc(F)c2)C1(C)C. The van der Waals surface area contributed by atoms with Crippen LogP contribution in [0.5, 0.6) is 0 Å². The Bertz CT molecular complexity index is 619. The van der Waals surface area contributed by atoms with E-state index in [1.165, 1.54) is 12.1 Å². The van der Waals surface area contributed by atoms with Crippen molar-refractivity contribution in [1.82, 2.24) is 5.32 Å². The molecule has 1 aromatic carbocycles. The van der Waals surface area contributed by atoms with Gasteiger partial charge in [0.2, 0.25) is 5.91 Å². The zero-order valence-corrected chi connectivity index (χ0v) is 13.9. The summed E-state index contributed by atoms with van der Waals surface area (Å²) in [5.74, 6) is -0.180. The number of hydrogen-bond acceptors (Lipinski definition) is 3. The Balaban J connectivity index is 1.61. The fraction of sp³-hybridized carbons (Fsp3) is 0.611. The summed E-state index contributed by atoms with van der Waals surface area (Å²) < 4.78 is 19.0. The van der Waals surface area contributed by atoms with Crippen LogP contribution in [0, 0.1) is 11.2 Å². The minimum atomic E-state index is -0.901. The Labute approximate surface area is 136 Å². The molecule has 0 radical (unpaired) electrons. The van der Waals surface area contributed by atoms with Crippen molar-refractivity contribution in [2.75, 3.05) is 6.61 Å². The fourth-order valence-corrected chi connectivity index (χ4v) is 3.58. The summed E-state index contributed by atoms with van der Waals surface area (Å²) in [5, 5.41) is 3.04. The van der Waals surface area contributed by atoms with Gasteiger partial charge < -0.3 is 15.8 Å². The summed E-state index contributed by atoms with van der Waals surface area (Å²) in [6.45, 7) is 6.53. The third kappa shape index (κ3) is 2.66. The molecule has 0 aliphatic heterocycles. The maximum atomic E-state index is 13.3. The third-order valence-corrected chi connectivity index (χ3v) is 5.62. The second-order valence-corrected chi connectivity index (χ2v) is 7.32. The molecule has 4 nitrogen and oxygen atoms in total. The van der Waals surface area contributed by atoms with E-state index < -0.39 is 11.0 Å².